The first-order valence-corrected chi connectivity index (χ1v) is 14.1. The van der Waals surface area contributed by atoms with Crippen LogP contribution >= 0.6 is 22.7 Å². The molecule has 0 spiro atoms. The minimum absolute atomic E-state index is 0.262. The van der Waals surface area contributed by atoms with Gasteiger partial charge in [-0.25, -0.2) is 0 Å². The second-order valence-corrected chi connectivity index (χ2v) is 12.3. The van der Waals surface area contributed by atoms with Gasteiger partial charge in [0.2, 0.25) is 0 Å². The zero-order valence-electron chi connectivity index (χ0n) is 21.3. The lowest BCUT2D eigenvalue weighted by Crippen LogP contribution is -2.54. The zero-order valence-corrected chi connectivity index (χ0v) is 22.9. The minimum Gasteiger partial charge on any atom is -0.363 e. The van der Waals surface area contributed by atoms with Crippen molar-refractivity contribution in [3.05, 3.63) is 81.9 Å². The molecule has 1 nitrogen and oxygen atoms in total. The Morgan fingerprint density at radius 3 is 1.62 bits per heavy atom. The lowest BCUT2D eigenvalue weighted by atomic mass is 9.37. The van der Waals surface area contributed by atoms with Crippen molar-refractivity contribution in [3.63, 3.8) is 0 Å². The van der Waals surface area contributed by atoms with Crippen molar-refractivity contribution in [2.45, 2.75) is 54.4 Å². The molecule has 0 unspecified atom stereocenters. The average Bonchev–Trinajstić information content (AvgIpc) is 3.52. The fraction of sp³-hybridized carbons (Fsp3) is 0.333. The highest BCUT2D eigenvalue weighted by Gasteiger charge is 2.30. The summed E-state index contributed by atoms with van der Waals surface area (Å²) in [5.41, 5.74) is 11.2. The number of anilines is 1. The van der Waals surface area contributed by atoms with Crippen molar-refractivity contribution >= 4 is 50.1 Å². The van der Waals surface area contributed by atoms with E-state index >= 15 is 0 Å². The van der Waals surface area contributed by atoms with Crippen LogP contribution in [0.3, 0.4) is 0 Å². The van der Waals surface area contributed by atoms with Crippen LogP contribution in [0.5, 0.6) is 0 Å². The van der Waals surface area contributed by atoms with Crippen LogP contribution in [0.25, 0.3) is 9.75 Å². The third-order valence-electron chi connectivity index (χ3n) is 7.22. The van der Waals surface area contributed by atoms with E-state index in [1.54, 1.807) is 0 Å². The van der Waals surface area contributed by atoms with Gasteiger partial charge in [0, 0.05) is 22.8 Å². The largest absolute Gasteiger partial charge is 0.363 e. The molecule has 174 valence electrons. The summed E-state index contributed by atoms with van der Waals surface area (Å²) in [5.74, 6) is 0. The SMILES string of the molecule is Cc1cc(C)c(B(c2ccc(-c3ccc(N4CCCC4)s3)s2)c2c(C)cc(C)cc2C)c(C)c1. The number of rotatable bonds is 5. The molecular weight excluding hydrogens is 449 g/mol. The first kappa shape index (κ1) is 23.4. The number of hydrogen-bond donors (Lipinski definition) is 0. The molecule has 4 aromatic rings. The van der Waals surface area contributed by atoms with Crippen molar-refractivity contribution in [1.29, 1.82) is 0 Å². The van der Waals surface area contributed by atoms with E-state index in [2.05, 4.69) is 95.0 Å². The van der Waals surface area contributed by atoms with E-state index in [9.17, 15) is 0 Å². The highest BCUT2D eigenvalue weighted by molar-refractivity contribution is 7.32. The summed E-state index contributed by atoms with van der Waals surface area (Å²) in [7, 11) is 0. The van der Waals surface area contributed by atoms with Crippen LogP contribution in [0, 0.1) is 41.5 Å². The Labute approximate surface area is 213 Å². The summed E-state index contributed by atoms with van der Waals surface area (Å²) in [6.45, 7) is 16.2. The molecule has 34 heavy (non-hydrogen) atoms. The van der Waals surface area contributed by atoms with Crippen molar-refractivity contribution in [2.75, 3.05) is 18.0 Å². The maximum absolute atomic E-state index is 2.55. The fourth-order valence-corrected chi connectivity index (χ4v) is 8.21. The predicted octanol–water partition coefficient (Wildman–Crippen LogP) is 6.44. The molecule has 3 heterocycles. The van der Waals surface area contributed by atoms with E-state index in [4.69, 9.17) is 0 Å². The first-order valence-electron chi connectivity index (χ1n) is 12.4. The van der Waals surface area contributed by atoms with Gasteiger partial charge in [-0.1, -0.05) is 74.6 Å². The number of aryl methyl sites for hydroxylation is 6. The van der Waals surface area contributed by atoms with Crippen LogP contribution < -0.4 is 20.6 Å². The molecule has 0 atom stereocenters. The second-order valence-electron chi connectivity index (χ2n) is 10.1. The molecule has 0 radical (unpaired) electrons. The van der Waals surface area contributed by atoms with Crippen LogP contribution in [-0.2, 0) is 0 Å². The number of hydrogen-bond acceptors (Lipinski definition) is 3. The molecule has 0 saturated carbocycles. The minimum atomic E-state index is 0.262. The van der Waals surface area contributed by atoms with Gasteiger partial charge in [0.15, 0.2) is 0 Å². The molecule has 1 aliphatic rings. The Morgan fingerprint density at radius 2 is 1.09 bits per heavy atom. The lowest BCUT2D eigenvalue weighted by Gasteiger charge is -2.23. The molecule has 1 aliphatic heterocycles. The number of nitrogens with zero attached hydrogens (tertiary/aromatic N) is 1. The van der Waals surface area contributed by atoms with E-state index in [1.807, 2.05) is 22.7 Å². The Hall–Kier alpha value is -2.30. The number of thiophene rings is 2. The fourth-order valence-electron chi connectivity index (χ4n) is 5.93. The smallest absolute Gasteiger partial charge is 0.255 e. The Morgan fingerprint density at radius 1 is 0.618 bits per heavy atom. The zero-order chi connectivity index (χ0) is 24.0. The maximum Gasteiger partial charge on any atom is 0.255 e. The quantitative estimate of drug-likeness (QED) is 0.295. The third kappa shape index (κ3) is 4.39. The molecule has 4 heteroatoms. The van der Waals surface area contributed by atoms with Crippen molar-refractivity contribution in [2.24, 2.45) is 0 Å². The van der Waals surface area contributed by atoms with E-state index in [0.29, 0.717) is 0 Å². The molecule has 0 bridgehead atoms. The van der Waals surface area contributed by atoms with E-state index in [-0.39, 0.29) is 6.71 Å². The van der Waals surface area contributed by atoms with E-state index in [0.717, 1.165) is 0 Å². The van der Waals surface area contributed by atoms with Gasteiger partial charge in [0.1, 0.15) is 0 Å². The lowest BCUT2D eigenvalue weighted by molar-refractivity contribution is 0.949. The van der Waals surface area contributed by atoms with Crippen LogP contribution in [-0.4, -0.2) is 19.8 Å². The molecule has 1 fully saturated rings. The summed E-state index contributed by atoms with van der Waals surface area (Å²) in [5, 5.41) is 1.43. The van der Waals surface area contributed by atoms with Crippen LogP contribution in [0.4, 0.5) is 5.00 Å². The third-order valence-corrected chi connectivity index (χ3v) is 9.71. The van der Waals surface area contributed by atoms with Gasteiger partial charge in [-0.3, -0.25) is 0 Å². The molecule has 5 rings (SSSR count). The van der Waals surface area contributed by atoms with Crippen LogP contribution in [0.15, 0.2) is 48.5 Å². The summed E-state index contributed by atoms with van der Waals surface area (Å²) in [6.07, 6.45) is 2.64. The van der Waals surface area contributed by atoms with Gasteiger partial charge in [-0.15, -0.1) is 22.7 Å². The molecule has 0 amide bonds. The van der Waals surface area contributed by atoms with Crippen LogP contribution in [0.2, 0.25) is 0 Å². The van der Waals surface area contributed by atoms with Crippen molar-refractivity contribution < 1.29 is 0 Å². The van der Waals surface area contributed by atoms with E-state index in [1.165, 1.54) is 89.8 Å². The molecule has 2 aromatic carbocycles. The molecular formula is C30H34BNS2. The van der Waals surface area contributed by atoms with Gasteiger partial charge < -0.3 is 4.90 Å². The van der Waals surface area contributed by atoms with Crippen molar-refractivity contribution in [1.82, 2.24) is 0 Å². The maximum atomic E-state index is 2.55. The number of benzene rings is 2. The first-order chi connectivity index (χ1) is 16.3. The summed E-state index contributed by atoms with van der Waals surface area (Å²) in [4.78, 5) is 5.33. The predicted molar refractivity (Wildman–Crippen MR) is 155 cm³/mol. The van der Waals surface area contributed by atoms with Gasteiger partial charge in [0.05, 0.1) is 5.00 Å². The van der Waals surface area contributed by atoms with Gasteiger partial charge >= 0.3 is 0 Å². The summed E-state index contributed by atoms with van der Waals surface area (Å²) in [6, 6.07) is 18.8. The van der Waals surface area contributed by atoms with Gasteiger partial charge in [-0.2, -0.15) is 0 Å². The monoisotopic (exact) mass is 483 g/mol. The highest BCUT2D eigenvalue weighted by atomic mass is 32.1. The Kier molecular flexibility index (Phi) is 6.48. The molecule has 1 saturated heterocycles. The summed E-state index contributed by atoms with van der Waals surface area (Å²) >= 11 is 3.93. The molecule has 0 aliphatic carbocycles. The summed E-state index contributed by atoms with van der Waals surface area (Å²) < 4.78 is 1.44. The topological polar surface area (TPSA) is 3.24 Å². The molecule has 0 N–H and O–H groups in total. The van der Waals surface area contributed by atoms with Gasteiger partial charge in [0.25, 0.3) is 6.71 Å². The second kappa shape index (κ2) is 9.39. The molecule has 2 aromatic heterocycles. The Bertz CT molecular complexity index is 1240. The van der Waals surface area contributed by atoms with E-state index < -0.39 is 0 Å². The average molecular weight is 484 g/mol. The van der Waals surface area contributed by atoms with Crippen LogP contribution in [0.1, 0.15) is 46.2 Å². The highest BCUT2D eigenvalue weighted by Crippen LogP contribution is 2.37. The Balaban J connectivity index is 1.62. The normalized spacial score (nSPS) is 13.6. The van der Waals surface area contributed by atoms with Crippen molar-refractivity contribution in [3.8, 4) is 9.75 Å². The standard InChI is InChI=1S/C30H34BNS2/c1-19-15-21(3)29(22(4)16-19)31(30-23(5)17-20(2)18-24(30)6)27-11-9-25(33-27)26-10-12-28(34-26)32-13-7-8-14-32/h9-12,15-18H,7-8,13-14H2,1-6H3. The van der Waals surface area contributed by atoms with Gasteiger partial charge in [-0.05, 0) is 77.4 Å².